The molecule has 0 saturated heterocycles. The van der Waals surface area contributed by atoms with Crippen molar-refractivity contribution in [2.45, 2.75) is 0 Å². The van der Waals surface area contributed by atoms with Crippen LogP contribution in [0.3, 0.4) is 0 Å². The summed E-state index contributed by atoms with van der Waals surface area (Å²) in [7, 11) is 0. The first-order chi connectivity index (χ1) is 8.72. The van der Waals surface area contributed by atoms with Gasteiger partial charge in [0, 0.05) is 17.1 Å². The quantitative estimate of drug-likeness (QED) is 0.684. The van der Waals surface area contributed by atoms with Gasteiger partial charge in [-0.25, -0.2) is 0 Å². The molecule has 3 aromatic rings. The van der Waals surface area contributed by atoms with Crippen LogP contribution in [0.4, 0.5) is 0 Å². The van der Waals surface area contributed by atoms with E-state index in [1.54, 1.807) is 6.20 Å². The van der Waals surface area contributed by atoms with E-state index in [4.69, 9.17) is 23.2 Å². The predicted octanol–water partition coefficient (Wildman–Crippen LogP) is 3.39. The van der Waals surface area contributed by atoms with Crippen molar-refractivity contribution in [2.24, 2.45) is 0 Å². The van der Waals surface area contributed by atoms with Gasteiger partial charge < -0.3 is 0 Å². The van der Waals surface area contributed by atoms with Crippen molar-refractivity contribution in [3.8, 4) is 11.4 Å². The van der Waals surface area contributed by atoms with E-state index in [0.717, 1.165) is 16.5 Å². The van der Waals surface area contributed by atoms with E-state index >= 15 is 0 Å². The highest BCUT2D eigenvalue weighted by atomic mass is 35.5. The van der Waals surface area contributed by atoms with Crippen LogP contribution in [0.5, 0.6) is 0 Å². The standard InChI is InChI=1S/C12H6Cl2N4/c13-11-16-10(17-12(14)18-11)8-5-7-3-1-2-4-9(7)15-6-8/h1-6H. The Morgan fingerprint density at radius 2 is 1.61 bits per heavy atom. The van der Waals surface area contributed by atoms with E-state index in [2.05, 4.69) is 19.9 Å². The number of rotatable bonds is 1. The molecule has 3 rings (SSSR count). The fourth-order valence-electron chi connectivity index (χ4n) is 1.65. The third-order valence-corrected chi connectivity index (χ3v) is 2.77. The normalized spacial score (nSPS) is 10.8. The van der Waals surface area contributed by atoms with Crippen molar-refractivity contribution in [1.82, 2.24) is 19.9 Å². The highest BCUT2D eigenvalue weighted by Crippen LogP contribution is 2.21. The summed E-state index contributed by atoms with van der Waals surface area (Å²) in [5.74, 6) is 0.415. The number of fused-ring (bicyclic) bond motifs is 1. The highest BCUT2D eigenvalue weighted by Gasteiger charge is 2.07. The van der Waals surface area contributed by atoms with Crippen LogP contribution in [0.1, 0.15) is 0 Å². The molecule has 0 spiro atoms. The van der Waals surface area contributed by atoms with Crippen LogP contribution in [-0.4, -0.2) is 19.9 Å². The molecule has 1 aromatic carbocycles. The Hall–Kier alpha value is -1.78. The first kappa shape index (κ1) is 11.3. The Balaban J connectivity index is 2.19. The summed E-state index contributed by atoms with van der Waals surface area (Å²) >= 11 is 11.5. The van der Waals surface area contributed by atoms with Gasteiger partial charge in [-0.1, -0.05) is 18.2 Å². The van der Waals surface area contributed by atoms with Crippen molar-refractivity contribution in [2.75, 3.05) is 0 Å². The highest BCUT2D eigenvalue weighted by molar-refractivity contribution is 6.31. The molecule has 0 unspecified atom stereocenters. The molecule has 0 atom stereocenters. The molecule has 0 N–H and O–H groups in total. The van der Waals surface area contributed by atoms with Gasteiger partial charge in [-0.3, -0.25) is 4.98 Å². The average Bonchev–Trinajstić information content (AvgIpc) is 2.37. The van der Waals surface area contributed by atoms with E-state index in [1.165, 1.54) is 0 Å². The number of aromatic nitrogens is 4. The Kier molecular flexibility index (Phi) is 2.81. The lowest BCUT2D eigenvalue weighted by molar-refractivity contribution is 1.06. The summed E-state index contributed by atoms with van der Waals surface area (Å²) in [5.41, 5.74) is 1.66. The minimum Gasteiger partial charge on any atom is -0.255 e. The maximum Gasteiger partial charge on any atom is 0.227 e. The molecule has 0 amide bonds. The minimum absolute atomic E-state index is 0.0677. The zero-order valence-corrected chi connectivity index (χ0v) is 10.5. The van der Waals surface area contributed by atoms with Crippen LogP contribution < -0.4 is 0 Å². The van der Waals surface area contributed by atoms with Crippen LogP contribution in [0, 0.1) is 0 Å². The number of benzene rings is 1. The first-order valence-corrected chi connectivity index (χ1v) is 5.90. The number of nitrogens with zero attached hydrogens (tertiary/aromatic N) is 4. The summed E-state index contributed by atoms with van der Waals surface area (Å²) in [6, 6.07) is 9.72. The third kappa shape index (κ3) is 2.12. The lowest BCUT2D eigenvalue weighted by Gasteiger charge is -2.02. The van der Waals surface area contributed by atoms with Gasteiger partial charge in [-0.15, -0.1) is 0 Å². The van der Waals surface area contributed by atoms with E-state index in [0.29, 0.717) is 5.82 Å². The second kappa shape index (κ2) is 4.48. The molecule has 0 aliphatic carbocycles. The van der Waals surface area contributed by atoms with Crippen LogP contribution in [0.25, 0.3) is 22.3 Å². The molecule has 0 aliphatic heterocycles. The molecule has 0 radical (unpaired) electrons. The SMILES string of the molecule is Clc1nc(Cl)nc(-c2cnc3ccccc3c2)n1. The van der Waals surface area contributed by atoms with Gasteiger partial charge in [-0.05, 0) is 35.3 Å². The van der Waals surface area contributed by atoms with Crippen LogP contribution in [0.15, 0.2) is 36.5 Å². The van der Waals surface area contributed by atoms with Crippen molar-refractivity contribution >= 4 is 34.1 Å². The van der Waals surface area contributed by atoms with Crippen molar-refractivity contribution in [3.63, 3.8) is 0 Å². The monoisotopic (exact) mass is 276 g/mol. The maximum absolute atomic E-state index is 5.75. The Bertz CT molecular complexity index is 710. The number of pyridine rings is 1. The Morgan fingerprint density at radius 1 is 0.889 bits per heavy atom. The fraction of sp³-hybridized carbons (Fsp3) is 0. The second-order valence-electron chi connectivity index (χ2n) is 3.61. The third-order valence-electron chi connectivity index (χ3n) is 2.43. The van der Waals surface area contributed by atoms with Crippen molar-refractivity contribution < 1.29 is 0 Å². The lowest BCUT2D eigenvalue weighted by Crippen LogP contribution is -1.94. The second-order valence-corrected chi connectivity index (χ2v) is 4.29. The molecule has 2 heterocycles. The van der Waals surface area contributed by atoms with E-state index in [1.807, 2.05) is 30.3 Å². The molecule has 88 valence electrons. The Labute approximate surface area is 113 Å². The largest absolute Gasteiger partial charge is 0.255 e. The van der Waals surface area contributed by atoms with Crippen LogP contribution in [0.2, 0.25) is 10.6 Å². The fourth-order valence-corrected chi connectivity index (χ4v) is 2.01. The van der Waals surface area contributed by atoms with Gasteiger partial charge in [0.2, 0.25) is 10.6 Å². The molecule has 0 fully saturated rings. The van der Waals surface area contributed by atoms with Gasteiger partial charge in [0.25, 0.3) is 0 Å². The summed E-state index contributed by atoms with van der Waals surface area (Å²) in [5, 5.41) is 1.14. The molecule has 0 saturated carbocycles. The van der Waals surface area contributed by atoms with Crippen LogP contribution >= 0.6 is 23.2 Å². The predicted molar refractivity (Wildman–Crippen MR) is 70.6 cm³/mol. The Morgan fingerprint density at radius 3 is 2.39 bits per heavy atom. The molecule has 0 aliphatic rings. The molecular formula is C12H6Cl2N4. The molecule has 6 heteroatoms. The van der Waals surface area contributed by atoms with Gasteiger partial charge >= 0.3 is 0 Å². The number of hydrogen-bond donors (Lipinski definition) is 0. The molecule has 2 aromatic heterocycles. The molecule has 0 bridgehead atoms. The molecule has 4 nitrogen and oxygen atoms in total. The lowest BCUT2D eigenvalue weighted by atomic mass is 10.1. The summed E-state index contributed by atoms with van der Waals surface area (Å²) in [6.45, 7) is 0. The topological polar surface area (TPSA) is 51.6 Å². The number of hydrogen-bond acceptors (Lipinski definition) is 4. The van der Waals surface area contributed by atoms with E-state index in [-0.39, 0.29) is 10.6 Å². The zero-order chi connectivity index (χ0) is 12.5. The summed E-state index contributed by atoms with van der Waals surface area (Å²) < 4.78 is 0. The minimum atomic E-state index is 0.0677. The average molecular weight is 277 g/mol. The van der Waals surface area contributed by atoms with E-state index < -0.39 is 0 Å². The number of para-hydroxylation sites is 1. The summed E-state index contributed by atoms with van der Waals surface area (Å²) in [6.07, 6.45) is 1.68. The summed E-state index contributed by atoms with van der Waals surface area (Å²) in [4.78, 5) is 16.1. The van der Waals surface area contributed by atoms with Gasteiger partial charge in [0.05, 0.1) is 5.52 Å². The number of halogens is 2. The maximum atomic E-state index is 5.75. The first-order valence-electron chi connectivity index (χ1n) is 5.14. The smallest absolute Gasteiger partial charge is 0.227 e. The van der Waals surface area contributed by atoms with Gasteiger partial charge in [0.15, 0.2) is 5.82 Å². The molecule has 18 heavy (non-hydrogen) atoms. The van der Waals surface area contributed by atoms with Crippen LogP contribution in [-0.2, 0) is 0 Å². The van der Waals surface area contributed by atoms with Crippen molar-refractivity contribution in [1.29, 1.82) is 0 Å². The van der Waals surface area contributed by atoms with Gasteiger partial charge in [-0.2, -0.15) is 15.0 Å². The van der Waals surface area contributed by atoms with Gasteiger partial charge in [0.1, 0.15) is 0 Å². The molecular weight excluding hydrogens is 271 g/mol. The van der Waals surface area contributed by atoms with E-state index in [9.17, 15) is 0 Å². The zero-order valence-electron chi connectivity index (χ0n) is 9.01. The van der Waals surface area contributed by atoms with Crippen molar-refractivity contribution in [3.05, 3.63) is 47.1 Å².